The molecule has 0 spiro atoms. The van der Waals surface area contributed by atoms with Gasteiger partial charge in [-0.05, 0) is 39.4 Å². The lowest BCUT2D eigenvalue weighted by atomic mass is 9.93. The minimum atomic E-state index is 0. The number of carbonyl (C=O) groups excluding carboxylic acids is 1. The van der Waals surface area contributed by atoms with Gasteiger partial charge in [-0.15, -0.1) is 0 Å². The second-order valence-corrected chi connectivity index (χ2v) is 3.32. The Morgan fingerprint density at radius 1 is 1.42 bits per heavy atom. The molecule has 0 aromatic rings. The number of likely N-dealkylation sites (tertiary alicyclic amines) is 1. The molecule has 72 valence electrons. The predicted molar refractivity (Wildman–Crippen MR) is 55.9 cm³/mol. The Hall–Kier alpha value is -0.0200. The minimum absolute atomic E-state index is 0. The highest BCUT2D eigenvalue weighted by molar-refractivity contribution is 7.59. The summed E-state index contributed by atoms with van der Waals surface area (Å²) in [5, 5.41) is 0. The zero-order chi connectivity index (χ0) is 8.27. The van der Waals surface area contributed by atoms with E-state index in [0.29, 0.717) is 11.7 Å². The molecule has 0 aromatic carbocycles. The third-order valence-electron chi connectivity index (χ3n) is 2.61. The van der Waals surface area contributed by atoms with Crippen LogP contribution in [0.15, 0.2) is 0 Å². The van der Waals surface area contributed by atoms with E-state index >= 15 is 0 Å². The largest absolute Gasteiger partial charge is 0.304 e. The van der Waals surface area contributed by atoms with Crippen LogP contribution in [0, 0.1) is 5.92 Å². The van der Waals surface area contributed by atoms with Crippen LogP contribution in [-0.2, 0) is 4.79 Å². The fourth-order valence-electron chi connectivity index (χ4n) is 1.66. The molecule has 1 fully saturated rings. The summed E-state index contributed by atoms with van der Waals surface area (Å²) >= 11 is 0. The van der Waals surface area contributed by atoms with Crippen LogP contribution in [0.25, 0.3) is 0 Å². The highest BCUT2D eigenvalue weighted by Crippen LogP contribution is 2.17. The van der Waals surface area contributed by atoms with Crippen LogP contribution in [0.2, 0.25) is 0 Å². The van der Waals surface area contributed by atoms with Crippen LogP contribution in [0.1, 0.15) is 26.7 Å². The first kappa shape index (κ1) is 12.0. The molecule has 0 unspecified atom stereocenters. The summed E-state index contributed by atoms with van der Waals surface area (Å²) in [6, 6.07) is 0. The lowest BCUT2D eigenvalue weighted by molar-refractivity contribution is -0.122. The van der Waals surface area contributed by atoms with E-state index in [4.69, 9.17) is 0 Å². The Bertz CT molecular complexity index is 141. The average molecular weight is 189 g/mol. The van der Waals surface area contributed by atoms with Crippen LogP contribution < -0.4 is 0 Å². The van der Waals surface area contributed by atoms with Gasteiger partial charge >= 0.3 is 0 Å². The van der Waals surface area contributed by atoms with Crippen LogP contribution in [0.3, 0.4) is 0 Å². The van der Waals surface area contributed by atoms with Gasteiger partial charge < -0.3 is 4.90 Å². The molecule has 0 amide bonds. The number of rotatable bonds is 2. The van der Waals surface area contributed by atoms with E-state index in [0.717, 1.165) is 32.5 Å². The van der Waals surface area contributed by atoms with Gasteiger partial charge in [-0.3, -0.25) is 4.79 Å². The maximum atomic E-state index is 11.0. The molecule has 0 atom stereocenters. The predicted octanol–water partition coefficient (Wildman–Crippen LogP) is 1.42. The third-order valence-corrected chi connectivity index (χ3v) is 2.61. The minimum Gasteiger partial charge on any atom is -0.304 e. The van der Waals surface area contributed by atoms with Gasteiger partial charge in [0.15, 0.2) is 0 Å². The molecule has 1 aliphatic heterocycles. The average Bonchev–Trinajstić information content (AvgIpc) is 2.05. The Morgan fingerprint density at radius 2 is 1.92 bits per heavy atom. The van der Waals surface area contributed by atoms with Gasteiger partial charge in [0, 0.05) is 5.92 Å². The molecule has 3 heteroatoms. The van der Waals surface area contributed by atoms with E-state index in [2.05, 4.69) is 11.8 Å². The van der Waals surface area contributed by atoms with Crippen molar-refractivity contribution in [2.45, 2.75) is 26.7 Å². The van der Waals surface area contributed by atoms with Crippen LogP contribution in [0.5, 0.6) is 0 Å². The molecule has 0 aromatic heterocycles. The van der Waals surface area contributed by atoms with Crippen LogP contribution in [0.4, 0.5) is 0 Å². The van der Waals surface area contributed by atoms with Crippen molar-refractivity contribution in [1.82, 2.24) is 4.90 Å². The molecule has 0 aliphatic carbocycles. The van der Waals surface area contributed by atoms with Gasteiger partial charge in [0.25, 0.3) is 0 Å². The van der Waals surface area contributed by atoms with Crippen molar-refractivity contribution in [2.75, 3.05) is 19.6 Å². The summed E-state index contributed by atoms with van der Waals surface area (Å²) in [6.45, 7) is 7.24. The Labute approximate surface area is 81.8 Å². The van der Waals surface area contributed by atoms with E-state index in [1.54, 1.807) is 6.92 Å². The molecule has 1 saturated heterocycles. The summed E-state index contributed by atoms with van der Waals surface area (Å²) in [5.74, 6) is 0.735. The van der Waals surface area contributed by atoms with Gasteiger partial charge in [0.1, 0.15) is 5.78 Å². The first-order valence-electron chi connectivity index (χ1n) is 4.47. The molecule has 0 saturated carbocycles. The number of piperidine rings is 1. The van der Waals surface area contributed by atoms with Crippen molar-refractivity contribution in [1.29, 1.82) is 0 Å². The molecule has 0 bridgehead atoms. The van der Waals surface area contributed by atoms with Crippen molar-refractivity contribution in [3.8, 4) is 0 Å². The van der Waals surface area contributed by atoms with Crippen LogP contribution >= 0.6 is 13.5 Å². The summed E-state index contributed by atoms with van der Waals surface area (Å²) in [6.07, 6.45) is 2.15. The standard InChI is InChI=1S/C9H17NO.H2S/c1-3-10-6-4-9(5-7-10)8(2)11;/h9H,3-7H2,1-2H3;1H2. The lowest BCUT2D eigenvalue weighted by Crippen LogP contribution is -2.35. The van der Waals surface area contributed by atoms with Crippen LogP contribution in [-0.4, -0.2) is 30.3 Å². The monoisotopic (exact) mass is 189 g/mol. The van der Waals surface area contributed by atoms with Gasteiger partial charge in [-0.25, -0.2) is 0 Å². The highest BCUT2D eigenvalue weighted by Gasteiger charge is 2.20. The lowest BCUT2D eigenvalue weighted by Gasteiger charge is -2.29. The molecular formula is C9H19NOS. The van der Waals surface area contributed by atoms with Crippen molar-refractivity contribution in [2.24, 2.45) is 5.92 Å². The van der Waals surface area contributed by atoms with Gasteiger partial charge in [0.05, 0.1) is 0 Å². The topological polar surface area (TPSA) is 20.3 Å². The third kappa shape index (κ3) is 3.15. The number of hydrogen-bond acceptors (Lipinski definition) is 2. The van der Waals surface area contributed by atoms with Gasteiger partial charge in [0.2, 0.25) is 0 Å². The smallest absolute Gasteiger partial charge is 0.133 e. The van der Waals surface area contributed by atoms with Crippen molar-refractivity contribution < 1.29 is 4.79 Å². The molecular weight excluding hydrogens is 170 g/mol. The summed E-state index contributed by atoms with van der Waals surface area (Å²) in [4.78, 5) is 13.4. The fourth-order valence-corrected chi connectivity index (χ4v) is 1.66. The maximum absolute atomic E-state index is 11.0. The second-order valence-electron chi connectivity index (χ2n) is 3.32. The number of hydrogen-bond donors (Lipinski definition) is 0. The molecule has 2 nitrogen and oxygen atoms in total. The summed E-state index contributed by atoms with van der Waals surface area (Å²) in [7, 11) is 0. The van der Waals surface area contributed by atoms with E-state index in [1.807, 2.05) is 0 Å². The number of carbonyl (C=O) groups is 1. The Kier molecular flexibility index (Phi) is 5.59. The number of Topliss-reactive ketones (excluding diaryl/α,β-unsaturated/α-hetero) is 1. The molecule has 1 heterocycles. The number of ketones is 1. The zero-order valence-electron chi connectivity index (χ0n) is 7.97. The molecule has 0 N–H and O–H groups in total. The van der Waals surface area contributed by atoms with E-state index in [1.165, 1.54) is 0 Å². The highest BCUT2D eigenvalue weighted by atomic mass is 32.1. The van der Waals surface area contributed by atoms with Gasteiger partial charge in [-0.1, -0.05) is 6.92 Å². The molecule has 0 radical (unpaired) electrons. The normalized spacial score (nSPS) is 20.2. The second kappa shape index (κ2) is 5.60. The van der Waals surface area contributed by atoms with Crippen molar-refractivity contribution in [3.05, 3.63) is 0 Å². The molecule has 12 heavy (non-hydrogen) atoms. The Balaban J connectivity index is 0.00000121. The zero-order valence-corrected chi connectivity index (χ0v) is 8.97. The number of nitrogens with zero attached hydrogens (tertiary/aromatic N) is 1. The summed E-state index contributed by atoms with van der Waals surface area (Å²) in [5.41, 5.74) is 0. The first-order chi connectivity index (χ1) is 5.24. The van der Waals surface area contributed by atoms with Crippen molar-refractivity contribution in [3.63, 3.8) is 0 Å². The summed E-state index contributed by atoms with van der Waals surface area (Å²) < 4.78 is 0. The van der Waals surface area contributed by atoms with E-state index < -0.39 is 0 Å². The molecule has 1 aliphatic rings. The maximum Gasteiger partial charge on any atom is 0.133 e. The van der Waals surface area contributed by atoms with Crippen molar-refractivity contribution >= 4 is 19.3 Å². The Morgan fingerprint density at radius 3 is 2.25 bits per heavy atom. The quantitative estimate of drug-likeness (QED) is 0.655. The van der Waals surface area contributed by atoms with E-state index in [9.17, 15) is 4.79 Å². The van der Waals surface area contributed by atoms with E-state index in [-0.39, 0.29) is 13.5 Å². The fraction of sp³-hybridized carbons (Fsp3) is 0.889. The first-order valence-corrected chi connectivity index (χ1v) is 4.47. The SMILES string of the molecule is CCN1CCC(C(C)=O)CC1.S. The van der Waals surface area contributed by atoms with Gasteiger partial charge in [-0.2, -0.15) is 13.5 Å². The molecule has 1 rings (SSSR count).